The highest BCUT2D eigenvalue weighted by molar-refractivity contribution is 4.80. The number of hydrogen-bond acceptors (Lipinski definition) is 3. The molecule has 0 atom stereocenters. The molecule has 0 radical (unpaired) electrons. The van der Waals surface area contributed by atoms with E-state index in [1.807, 2.05) is 20.8 Å². The minimum Gasteiger partial charge on any atom is -0.396 e. The zero-order valence-corrected chi connectivity index (χ0v) is 8.21. The van der Waals surface area contributed by atoms with Crippen LogP contribution in [-0.2, 0) is 4.74 Å². The van der Waals surface area contributed by atoms with Crippen molar-refractivity contribution in [2.45, 2.75) is 20.8 Å². The van der Waals surface area contributed by atoms with Gasteiger partial charge in [0.15, 0.2) is 0 Å². The summed E-state index contributed by atoms with van der Waals surface area (Å²) in [5.41, 5.74) is -0.476. The Morgan fingerprint density at radius 2 is 1.75 bits per heavy atom. The maximum absolute atomic E-state index is 9.13. The number of hydrogen-bond donors (Lipinski definition) is 2. The molecule has 0 aromatic carbocycles. The summed E-state index contributed by atoms with van der Waals surface area (Å²) < 4.78 is 5.22. The molecule has 12 heavy (non-hydrogen) atoms. The van der Waals surface area contributed by atoms with Gasteiger partial charge in [-0.2, -0.15) is 0 Å². The molecule has 3 heteroatoms. The van der Waals surface area contributed by atoms with E-state index in [2.05, 4.69) is 0 Å². The lowest BCUT2D eigenvalue weighted by atomic mass is 9.79. The monoisotopic (exact) mass is 176 g/mol. The first-order chi connectivity index (χ1) is 5.63. The SMILES string of the molecule is CCOCC(CO)(CO)C(C)C. The lowest BCUT2D eigenvalue weighted by Gasteiger charge is -2.33. The first-order valence-electron chi connectivity index (χ1n) is 4.42. The Bertz CT molecular complexity index is 108. The summed E-state index contributed by atoms with van der Waals surface area (Å²) in [6.07, 6.45) is 0. The summed E-state index contributed by atoms with van der Waals surface area (Å²) in [6.45, 7) is 6.85. The molecule has 0 aliphatic carbocycles. The molecule has 3 nitrogen and oxygen atoms in total. The number of aliphatic hydroxyl groups is 2. The fourth-order valence-corrected chi connectivity index (χ4v) is 0.978. The van der Waals surface area contributed by atoms with Crippen LogP contribution in [0.5, 0.6) is 0 Å². The number of aliphatic hydroxyl groups excluding tert-OH is 2. The van der Waals surface area contributed by atoms with Crippen LogP contribution in [0.1, 0.15) is 20.8 Å². The van der Waals surface area contributed by atoms with Crippen molar-refractivity contribution in [1.82, 2.24) is 0 Å². The number of rotatable bonds is 6. The van der Waals surface area contributed by atoms with E-state index in [1.165, 1.54) is 0 Å². The molecule has 0 heterocycles. The van der Waals surface area contributed by atoms with Crippen molar-refractivity contribution in [3.63, 3.8) is 0 Å². The van der Waals surface area contributed by atoms with Crippen LogP contribution in [0.25, 0.3) is 0 Å². The Labute approximate surface area is 74.4 Å². The Balaban J connectivity index is 4.15. The molecular formula is C9H20O3. The van der Waals surface area contributed by atoms with E-state index in [-0.39, 0.29) is 19.1 Å². The van der Waals surface area contributed by atoms with Crippen LogP contribution in [-0.4, -0.2) is 36.6 Å². The van der Waals surface area contributed by atoms with Gasteiger partial charge in [0.05, 0.1) is 19.8 Å². The van der Waals surface area contributed by atoms with Crippen LogP contribution < -0.4 is 0 Å². The second kappa shape index (κ2) is 5.51. The predicted octanol–water partition coefficient (Wildman–Crippen LogP) is 0.650. The molecule has 0 aliphatic rings. The Kier molecular flexibility index (Phi) is 5.46. The lowest BCUT2D eigenvalue weighted by Crippen LogP contribution is -2.40. The summed E-state index contributed by atoms with van der Waals surface area (Å²) >= 11 is 0. The predicted molar refractivity (Wildman–Crippen MR) is 47.9 cm³/mol. The molecule has 0 aliphatic heterocycles. The molecule has 0 aromatic rings. The molecular weight excluding hydrogens is 156 g/mol. The van der Waals surface area contributed by atoms with Crippen molar-refractivity contribution < 1.29 is 14.9 Å². The molecule has 0 saturated carbocycles. The number of ether oxygens (including phenoxy) is 1. The minimum absolute atomic E-state index is 0.0266. The molecule has 0 aromatic heterocycles. The summed E-state index contributed by atoms with van der Waals surface area (Å²) in [5, 5.41) is 18.3. The van der Waals surface area contributed by atoms with E-state index in [4.69, 9.17) is 14.9 Å². The molecule has 2 N–H and O–H groups in total. The largest absolute Gasteiger partial charge is 0.396 e. The lowest BCUT2D eigenvalue weighted by molar-refractivity contribution is -0.0526. The fourth-order valence-electron chi connectivity index (χ4n) is 0.978. The smallest absolute Gasteiger partial charge is 0.0568 e. The first kappa shape index (κ1) is 11.9. The van der Waals surface area contributed by atoms with Gasteiger partial charge in [-0.3, -0.25) is 0 Å². The van der Waals surface area contributed by atoms with Crippen LogP contribution in [0.3, 0.4) is 0 Å². The highest BCUT2D eigenvalue weighted by atomic mass is 16.5. The normalized spacial score (nSPS) is 12.5. The molecule has 0 bridgehead atoms. The van der Waals surface area contributed by atoms with E-state index in [0.717, 1.165) is 0 Å². The quantitative estimate of drug-likeness (QED) is 0.624. The molecule has 0 amide bonds. The van der Waals surface area contributed by atoms with Gasteiger partial charge in [-0.25, -0.2) is 0 Å². The van der Waals surface area contributed by atoms with Crippen molar-refractivity contribution >= 4 is 0 Å². The summed E-state index contributed by atoms with van der Waals surface area (Å²) in [5.74, 6) is 0.221. The van der Waals surface area contributed by atoms with Crippen molar-refractivity contribution in [1.29, 1.82) is 0 Å². The highest BCUT2D eigenvalue weighted by Gasteiger charge is 2.32. The molecule has 0 fully saturated rings. The topological polar surface area (TPSA) is 49.7 Å². The maximum atomic E-state index is 9.13. The maximum Gasteiger partial charge on any atom is 0.0568 e. The standard InChI is InChI=1S/C9H20O3/c1-4-12-7-9(5-10,6-11)8(2)3/h8,10-11H,4-7H2,1-3H3. The van der Waals surface area contributed by atoms with Gasteiger partial charge >= 0.3 is 0 Å². The van der Waals surface area contributed by atoms with E-state index >= 15 is 0 Å². The van der Waals surface area contributed by atoms with Gasteiger partial charge in [0.25, 0.3) is 0 Å². The molecule has 0 spiro atoms. The van der Waals surface area contributed by atoms with Crippen LogP contribution in [0, 0.1) is 11.3 Å². The van der Waals surface area contributed by atoms with Gasteiger partial charge in [-0.1, -0.05) is 13.8 Å². The summed E-state index contributed by atoms with van der Waals surface area (Å²) in [7, 11) is 0. The van der Waals surface area contributed by atoms with E-state index in [1.54, 1.807) is 0 Å². The van der Waals surface area contributed by atoms with E-state index in [9.17, 15) is 0 Å². The fraction of sp³-hybridized carbons (Fsp3) is 1.00. The van der Waals surface area contributed by atoms with Gasteiger partial charge in [0, 0.05) is 12.0 Å². The van der Waals surface area contributed by atoms with Gasteiger partial charge in [-0.15, -0.1) is 0 Å². The average Bonchev–Trinajstić information content (AvgIpc) is 2.07. The molecule has 74 valence electrons. The third kappa shape index (κ3) is 2.73. The van der Waals surface area contributed by atoms with Crippen LogP contribution in [0.2, 0.25) is 0 Å². The zero-order valence-electron chi connectivity index (χ0n) is 8.21. The Morgan fingerprint density at radius 3 is 2.00 bits per heavy atom. The van der Waals surface area contributed by atoms with Crippen LogP contribution in [0.15, 0.2) is 0 Å². The zero-order chi connectivity index (χ0) is 9.61. The Hall–Kier alpha value is -0.120. The third-order valence-corrected chi connectivity index (χ3v) is 2.45. The van der Waals surface area contributed by atoms with Gasteiger partial charge in [0.2, 0.25) is 0 Å². The third-order valence-electron chi connectivity index (χ3n) is 2.45. The van der Waals surface area contributed by atoms with Crippen molar-refractivity contribution in [3.05, 3.63) is 0 Å². The van der Waals surface area contributed by atoms with E-state index < -0.39 is 5.41 Å². The summed E-state index contributed by atoms with van der Waals surface area (Å²) in [4.78, 5) is 0. The second-order valence-corrected chi connectivity index (χ2v) is 3.47. The van der Waals surface area contributed by atoms with E-state index in [0.29, 0.717) is 13.2 Å². The minimum atomic E-state index is -0.476. The van der Waals surface area contributed by atoms with Crippen molar-refractivity contribution in [2.75, 3.05) is 26.4 Å². The van der Waals surface area contributed by atoms with Gasteiger partial charge in [-0.05, 0) is 12.8 Å². The molecule has 0 rings (SSSR count). The highest BCUT2D eigenvalue weighted by Crippen LogP contribution is 2.26. The van der Waals surface area contributed by atoms with Gasteiger partial charge in [0.1, 0.15) is 0 Å². The molecule has 0 unspecified atom stereocenters. The van der Waals surface area contributed by atoms with Gasteiger partial charge < -0.3 is 14.9 Å². The van der Waals surface area contributed by atoms with Crippen molar-refractivity contribution in [2.24, 2.45) is 11.3 Å². The summed E-state index contributed by atoms with van der Waals surface area (Å²) in [6, 6.07) is 0. The first-order valence-corrected chi connectivity index (χ1v) is 4.42. The second-order valence-electron chi connectivity index (χ2n) is 3.47. The van der Waals surface area contributed by atoms with Crippen LogP contribution in [0.4, 0.5) is 0 Å². The van der Waals surface area contributed by atoms with Crippen LogP contribution >= 0.6 is 0 Å². The average molecular weight is 176 g/mol. The van der Waals surface area contributed by atoms with Crippen molar-refractivity contribution in [3.8, 4) is 0 Å². The molecule has 0 saturated heterocycles. The Morgan fingerprint density at radius 1 is 1.25 bits per heavy atom.